The Labute approximate surface area is 130 Å². The van der Waals surface area contributed by atoms with E-state index in [4.69, 9.17) is 4.74 Å². The molecule has 0 aromatic heterocycles. The van der Waals surface area contributed by atoms with Gasteiger partial charge < -0.3 is 15.0 Å². The molecule has 0 spiro atoms. The Kier molecular flexibility index (Phi) is 8.58. The molecule has 1 atom stereocenters. The lowest BCUT2D eigenvalue weighted by Gasteiger charge is -2.35. The van der Waals surface area contributed by atoms with Crippen molar-refractivity contribution >= 4 is 0 Å². The second-order valence-electron chi connectivity index (χ2n) is 6.04. The molecule has 1 unspecified atom stereocenters. The summed E-state index contributed by atoms with van der Waals surface area (Å²) in [5.74, 6) is 0. The molecule has 0 amide bonds. The van der Waals surface area contributed by atoms with Crippen molar-refractivity contribution in [1.82, 2.24) is 10.2 Å². The molecule has 0 saturated carbocycles. The summed E-state index contributed by atoms with van der Waals surface area (Å²) < 4.78 is 5.47. The van der Waals surface area contributed by atoms with Crippen LogP contribution in [0, 0.1) is 0 Å². The van der Waals surface area contributed by atoms with Gasteiger partial charge in [0.05, 0.1) is 6.61 Å². The molecular formula is C18H32N2O. The lowest BCUT2D eigenvalue weighted by atomic mass is 9.81. The van der Waals surface area contributed by atoms with Gasteiger partial charge in [0.2, 0.25) is 0 Å². The van der Waals surface area contributed by atoms with Crippen LogP contribution in [0.15, 0.2) is 30.3 Å². The van der Waals surface area contributed by atoms with Crippen molar-refractivity contribution in [2.75, 3.05) is 46.4 Å². The molecule has 1 aromatic rings. The van der Waals surface area contributed by atoms with E-state index in [1.807, 2.05) is 6.92 Å². The summed E-state index contributed by atoms with van der Waals surface area (Å²) in [7, 11) is 2.18. The van der Waals surface area contributed by atoms with Gasteiger partial charge in [-0.2, -0.15) is 0 Å². The first-order chi connectivity index (χ1) is 10.1. The maximum Gasteiger partial charge on any atom is 0.0593 e. The van der Waals surface area contributed by atoms with E-state index >= 15 is 0 Å². The van der Waals surface area contributed by atoms with Gasteiger partial charge in [-0.15, -0.1) is 0 Å². The number of nitrogens with one attached hydrogen (secondary N) is 1. The Morgan fingerprint density at radius 3 is 2.52 bits per heavy atom. The molecule has 0 fully saturated rings. The highest BCUT2D eigenvalue weighted by molar-refractivity contribution is 5.25. The topological polar surface area (TPSA) is 24.5 Å². The van der Waals surface area contributed by atoms with Gasteiger partial charge in [0, 0.05) is 31.7 Å². The minimum atomic E-state index is 0.122. The van der Waals surface area contributed by atoms with E-state index < -0.39 is 0 Å². The maximum atomic E-state index is 5.47. The van der Waals surface area contributed by atoms with Crippen LogP contribution in [0.2, 0.25) is 0 Å². The predicted octanol–water partition coefficient (Wildman–Crippen LogP) is 2.91. The molecule has 120 valence electrons. The van der Waals surface area contributed by atoms with Crippen LogP contribution in [0.25, 0.3) is 0 Å². The third-order valence-electron chi connectivity index (χ3n) is 3.85. The number of benzene rings is 1. The van der Waals surface area contributed by atoms with E-state index in [0.29, 0.717) is 0 Å². The van der Waals surface area contributed by atoms with Crippen molar-refractivity contribution in [3.05, 3.63) is 35.9 Å². The number of likely N-dealkylation sites (N-methyl/N-ethyl adjacent to an activating group) is 1. The Balaban J connectivity index is 2.67. The molecule has 1 rings (SSSR count). The summed E-state index contributed by atoms with van der Waals surface area (Å²) >= 11 is 0. The molecule has 0 heterocycles. The second-order valence-corrected chi connectivity index (χ2v) is 6.04. The van der Waals surface area contributed by atoms with Crippen LogP contribution in [-0.2, 0) is 10.2 Å². The van der Waals surface area contributed by atoms with Crippen LogP contribution < -0.4 is 5.32 Å². The Bertz CT molecular complexity index is 369. The van der Waals surface area contributed by atoms with E-state index in [-0.39, 0.29) is 5.41 Å². The number of nitrogens with zero attached hydrogens (tertiary/aromatic N) is 1. The SMILES string of the molecule is CCCNCC(C)(CN(C)CCOCC)c1ccccc1. The summed E-state index contributed by atoms with van der Waals surface area (Å²) in [6, 6.07) is 10.8. The molecule has 0 aliphatic heterocycles. The second kappa shape index (κ2) is 9.93. The van der Waals surface area contributed by atoms with Gasteiger partial charge in [0.15, 0.2) is 0 Å². The molecule has 3 nitrogen and oxygen atoms in total. The summed E-state index contributed by atoms with van der Waals surface area (Å²) in [5.41, 5.74) is 1.52. The van der Waals surface area contributed by atoms with Gasteiger partial charge >= 0.3 is 0 Å². The Hall–Kier alpha value is -0.900. The summed E-state index contributed by atoms with van der Waals surface area (Å²) in [4.78, 5) is 2.37. The van der Waals surface area contributed by atoms with Crippen LogP contribution in [0.3, 0.4) is 0 Å². The molecule has 0 saturated heterocycles. The van der Waals surface area contributed by atoms with Crippen molar-refractivity contribution in [1.29, 1.82) is 0 Å². The standard InChI is InChI=1S/C18H32N2O/c1-5-12-19-15-18(3,17-10-8-7-9-11-17)16-20(4)13-14-21-6-2/h7-11,19H,5-6,12-16H2,1-4H3. The fourth-order valence-corrected chi connectivity index (χ4v) is 2.67. The minimum absolute atomic E-state index is 0.122. The number of rotatable bonds is 11. The number of ether oxygens (including phenoxy) is 1. The minimum Gasteiger partial charge on any atom is -0.380 e. The lowest BCUT2D eigenvalue weighted by Crippen LogP contribution is -2.45. The Morgan fingerprint density at radius 1 is 1.19 bits per heavy atom. The zero-order chi connectivity index (χ0) is 15.6. The van der Waals surface area contributed by atoms with E-state index in [2.05, 4.69) is 61.4 Å². The first-order valence-corrected chi connectivity index (χ1v) is 8.15. The van der Waals surface area contributed by atoms with Gasteiger partial charge in [0.25, 0.3) is 0 Å². The van der Waals surface area contributed by atoms with Crippen LogP contribution in [0.1, 0.15) is 32.8 Å². The molecule has 0 radical (unpaired) electrons. The maximum absolute atomic E-state index is 5.47. The van der Waals surface area contributed by atoms with Crippen LogP contribution >= 0.6 is 0 Å². The molecule has 1 N–H and O–H groups in total. The molecule has 0 aliphatic rings. The van der Waals surface area contributed by atoms with Crippen molar-refractivity contribution in [2.24, 2.45) is 0 Å². The number of hydrogen-bond donors (Lipinski definition) is 1. The quantitative estimate of drug-likeness (QED) is 0.635. The molecule has 1 aromatic carbocycles. The average Bonchev–Trinajstić information content (AvgIpc) is 2.48. The lowest BCUT2D eigenvalue weighted by molar-refractivity contribution is 0.114. The highest BCUT2D eigenvalue weighted by Crippen LogP contribution is 2.24. The largest absolute Gasteiger partial charge is 0.380 e. The zero-order valence-corrected chi connectivity index (χ0v) is 14.2. The van der Waals surface area contributed by atoms with Crippen molar-refractivity contribution in [3.63, 3.8) is 0 Å². The van der Waals surface area contributed by atoms with E-state index in [1.54, 1.807) is 0 Å². The zero-order valence-electron chi connectivity index (χ0n) is 14.2. The van der Waals surface area contributed by atoms with Gasteiger partial charge in [0.1, 0.15) is 0 Å². The van der Waals surface area contributed by atoms with Crippen molar-refractivity contribution in [2.45, 2.75) is 32.6 Å². The van der Waals surface area contributed by atoms with Gasteiger partial charge in [-0.25, -0.2) is 0 Å². The monoisotopic (exact) mass is 292 g/mol. The van der Waals surface area contributed by atoms with E-state index in [1.165, 1.54) is 12.0 Å². The fraction of sp³-hybridized carbons (Fsp3) is 0.667. The van der Waals surface area contributed by atoms with Crippen LogP contribution in [-0.4, -0.2) is 51.3 Å². The predicted molar refractivity (Wildman–Crippen MR) is 90.9 cm³/mol. The van der Waals surface area contributed by atoms with Crippen molar-refractivity contribution < 1.29 is 4.74 Å². The van der Waals surface area contributed by atoms with E-state index in [0.717, 1.165) is 39.4 Å². The molecule has 0 aliphatic carbocycles. The fourth-order valence-electron chi connectivity index (χ4n) is 2.67. The third-order valence-corrected chi connectivity index (χ3v) is 3.85. The normalized spacial score (nSPS) is 14.3. The first kappa shape index (κ1) is 18.1. The third kappa shape index (κ3) is 6.60. The summed E-state index contributed by atoms with van der Waals surface area (Å²) in [5, 5.41) is 3.59. The molecule has 21 heavy (non-hydrogen) atoms. The van der Waals surface area contributed by atoms with Gasteiger partial charge in [-0.3, -0.25) is 0 Å². The highest BCUT2D eigenvalue weighted by atomic mass is 16.5. The molecule has 3 heteroatoms. The highest BCUT2D eigenvalue weighted by Gasteiger charge is 2.27. The Morgan fingerprint density at radius 2 is 1.90 bits per heavy atom. The summed E-state index contributed by atoms with van der Waals surface area (Å²) in [6.07, 6.45) is 1.17. The van der Waals surface area contributed by atoms with Crippen LogP contribution in [0.5, 0.6) is 0 Å². The summed E-state index contributed by atoms with van der Waals surface area (Å²) in [6.45, 7) is 12.3. The molecule has 0 bridgehead atoms. The smallest absolute Gasteiger partial charge is 0.0593 e. The van der Waals surface area contributed by atoms with Crippen LogP contribution in [0.4, 0.5) is 0 Å². The van der Waals surface area contributed by atoms with Crippen molar-refractivity contribution in [3.8, 4) is 0 Å². The number of hydrogen-bond acceptors (Lipinski definition) is 3. The first-order valence-electron chi connectivity index (χ1n) is 8.15. The van der Waals surface area contributed by atoms with Gasteiger partial charge in [-0.1, -0.05) is 44.2 Å². The van der Waals surface area contributed by atoms with Gasteiger partial charge in [-0.05, 0) is 32.5 Å². The molecular weight excluding hydrogens is 260 g/mol. The van der Waals surface area contributed by atoms with E-state index in [9.17, 15) is 0 Å². The average molecular weight is 292 g/mol.